The van der Waals surface area contributed by atoms with Crippen LogP contribution in [0.4, 0.5) is 0 Å². The molecule has 0 aliphatic carbocycles. The molecular formula is C11H13ClN2OS. The van der Waals surface area contributed by atoms with Crippen molar-refractivity contribution in [2.24, 2.45) is 5.18 Å². The summed E-state index contributed by atoms with van der Waals surface area (Å²) >= 11 is 7.36. The van der Waals surface area contributed by atoms with Gasteiger partial charge < -0.3 is 0 Å². The predicted molar refractivity (Wildman–Crippen MR) is 67.7 cm³/mol. The molecule has 16 heavy (non-hydrogen) atoms. The van der Waals surface area contributed by atoms with Crippen LogP contribution in [0.1, 0.15) is 18.0 Å². The number of nitroso groups, excluding NO2 is 1. The standard InChI is InChI=1S/C11H13ClN2OS/c12-6-3-7-14-8-10(13-15)9-4-1-2-5-11(9)16-14/h1-2,4-5,10H,3,6-8H2. The largest absolute Gasteiger partial charge is 0.244 e. The number of rotatable bonds is 4. The highest BCUT2D eigenvalue weighted by atomic mass is 35.5. The average Bonchev–Trinajstić information content (AvgIpc) is 2.35. The van der Waals surface area contributed by atoms with Gasteiger partial charge in [-0.2, -0.15) is 4.91 Å². The summed E-state index contributed by atoms with van der Waals surface area (Å²) in [4.78, 5) is 12.0. The topological polar surface area (TPSA) is 32.7 Å². The molecule has 0 spiro atoms. The Bertz CT molecular complexity index is 375. The van der Waals surface area contributed by atoms with Crippen LogP contribution in [-0.4, -0.2) is 23.3 Å². The third-order valence-corrected chi connectivity index (χ3v) is 3.98. The van der Waals surface area contributed by atoms with Crippen LogP contribution in [0.15, 0.2) is 34.3 Å². The van der Waals surface area contributed by atoms with Crippen molar-refractivity contribution >= 4 is 23.5 Å². The van der Waals surface area contributed by atoms with Crippen molar-refractivity contribution in [1.29, 1.82) is 0 Å². The first-order valence-electron chi connectivity index (χ1n) is 5.25. The summed E-state index contributed by atoms with van der Waals surface area (Å²) in [6.45, 7) is 1.58. The maximum atomic E-state index is 10.8. The van der Waals surface area contributed by atoms with E-state index in [2.05, 4.69) is 9.48 Å². The predicted octanol–water partition coefficient (Wildman–Crippen LogP) is 3.45. The zero-order valence-electron chi connectivity index (χ0n) is 8.80. The molecular weight excluding hydrogens is 244 g/mol. The van der Waals surface area contributed by atoms with Gasteiger partial charge in [-0.3, -0.25) is 0 Å². The first-order chi connectivity index (χ1) is 7.85. The van der Waals surface area contributed by atoms with E-state index in [0.29, 0.717) is 12.4 Å². The maximum Gasteiger partial charge on any atom is 0.132 e. The number of halogens is 1. The highest BCUT2D eigenvalue weighted by Gasteiger charge is 2.26. The van der Waals surface area contributed by atoms with E-state index in [1.165, 1.54) is 0 Å². The van der Waals surface area contributed by atoms with Gasteiger partial charge in [0.05, 0.1) is 0 Å². The number of alkyl halides is 1. The van der Waals surface area contributed by atoms with Gasteiger partial charge in [0.1, 0.15) is 6.04 Å². The Balaban J connectivity index is 2.15. The van der Waals surface area contributed by atoms with Crippen molar-refractivity contribution in [3.63, 3.8) is 0 Å². The molecule has 0 radical (unpaired) electrons. The minimum Gasteiger partial charge on any atom is -0.244 e. The van der Waals surface area contributed by atoms with E-state index in [1.54, 1.807) is 11.9 Å². The van der Waals surface area contributed by atoms with Crippen LogP contribution in [0.5, 0.6) is 0 Å². The van der Waals surface area contributed by atoms with Gasteiger partial charge in [0.2, 0.25) is 0 Å². The van der Waals surface area contributed by atoms with E-state index in [1.807, 2.05) is 24.3 Å². The van der Waals surface area contributed by atoms with Crippen molar-refractivity contribution in [2.45, 2.75) is 17.4 Å². The zero-order valence-corrected chi connectivity index (χ0v) is 10.4. The second-order valence-corrected chi connectivity index (χ2v) is 5.20. The third-order valence-electron chi connectivity index (χ3n) is 2.55. The van der Waals surface area contributed by atoms with Crippen LogP contribution < -0.4 is 0 Å². The quantitative estimate of drug-likeness (QED) is 0.470. The molecule has 0 N–H and O–H groups in total. The fourth-order valence-corrected chi connectivity index (χ4v) is 3.05. The fraction of sp³-hybridized carbons (Fsp3) is 0.455. The molecule has 0 amide bonds. The van der Waals surface area contributed by atoms with E-state index in [4.69, 9.17) is 11.6 Å². The third kappa shape index (κ3) is 2.56. The molecule has 2 rings (SSSR count). The highest BCUT2D eigenvalue weighted by molar-refractivity contribution is 7.97. The summed E-state index contributed by atoms with van der Waals surface area (Å²) in [7, 11) is 0. The van der Waals surface area contributed by atoms with Gasteiger partial charge in [0, 0.05) is 23.9 Å². The van der Waals surface area contributed by atoms with Gasteiger partial charge >= 0.3 is 0 Å². The molecule has 1 aromatic carbocycles. The summed E-state index contributed by atoms with van der Waals surface area (Å²) in [6.07, 6.45) is 0.933. The number of hydrogen-bond acceptors (Lipinski definition) is 4. The van der Waals surface area contributed by atoms with Crippen LogP contribution in [0.25, 0.3) is 0 Å². The van der Waals surface area contributed by atoms with E-state index in [-0.39, 0.29) is 6.04 Å². The molecule has 5 heteroatoms. The van der Waals surface area contributed by atoms with Crippen LogP contribution in [0.2, 0.25) is 0 Å². The second-order valence-electron chi connectivity index (χ2n) is 3.68. The molecule has 0 saturated heterocycles. The molecule has 1 unspecified atom stereocenters. The molecule has 3 nitrogen and oxygen atoms in total. The Morgan fingerprint density at radius 3 is 3.06 bits per heavy atom. The van der Waals surface area contributed by atoms with Gasteiger partial charge in [0.25, 0.3) is 0 Å². The summed E-state index contributed by atoms with van der Waals surface area (Å²) in [6, 6.07) is 7.70. The number of benzene rings is 1. The highest BCUT2D eigenvalue weighted by Crippen LogP contribution is 2.38. The van der Waals surface area contributed by atoms with E-state index in [9.17, 15) is 4.91 Å². The Labute approximate surface area is 104 Å². The molecule has 1 aromatic rings. The Morgan fingerprint density at radius 1 is 1.50 bits per heavy atom. The van der Waals surface area contributed by atoms with Crippen molar-refractivity contribution in [2.75, 3.05) is 19.0 Å². The molecule has 1 aliphatic heterocycles. The van der Waals surface area contributed by atoms with E-state index in [0.717, 1.165) is 23.4 Å². The minimum absolute atomic E-state index is 0.243. The molecule has 86 valence electrons. The number of fused-ring (bicyclic) bond motifs is 1. The molecule has 1 heterocycles. The maximum absolute atomic E-state index is 10.8. The molecule has 0 fully saturated rings. The zero-order chi connectivity index (χ0) is 11.4. The van der Waals surface area contributed by atoms with E-state index >= 15 is 0 Å². The van der Waals surface area contributed by atoms with Crippen molar-refractivity contribution in [3.8, 4) is 0 Å². The van der Waals surface area contributed by atoms with Crippen LogP contribution in [0.3, 0.4) is 0 Å². The normalized spacial score (nSPS) is 20.4. The number of hydrogen-bond donors (Lipinski definition) is 0. The van der Waals surface area contributed by atoms with Gasteiger partial charge in [-0.15, -0.1) is 11.6 Å². The first kappa shape index (κ1) is 11.9. The summed E-state index contributed by atoms with van der Waals surface area (Å²) in [5.74, 6) is 0.651. The molecule has 0 bridgehead atoms. The lowest BCUT2D eigenvalue weighted by Gasteiger charge is -2.29. The van der Waals surface area contributed by atoms with Crippen molar-refractivity contribution < 1.29 is 0 Å². The van der Waals surface area contributed by atoms with Gasteiger partial charge in [-0.05, 0) is 30.0 Å². The van der Waals surface area contributed by atoms with Crippen LogP contribution in [-0.2, 0) is 0 Å². The van der Waals surface area contributed by atoms with Gasteiger partial charge in [0.15, 0.2) is 0 Å². The first-order valence-corrected chi connectivity index (χ1v) is 6.56. The Morgan fingerprint density at radius 2 is 2.31 bits per heavy atom. The molecule has 0 aromatic heterocycles. The summed E-state index contributed by atoms with van der Waals surface area (Å²) in [5, 5.41) is 3.21. The van der Waals surface area contributed by atoms with Crippen LogP contribution >= 0.6 is 23.5 Å². The van der Waals surface area contributed by atoms with Gasteiger partial charge in [-0.1, -0.05) is 23.4 Å². The lowest BCUT2D eigenvalue weighted by Crippen LogP contribution is -2.27. The Hall–Kier alpha value is -0.580. The SMILES string of the molecule is O=NC1CN(CCCCl)Sc2ccccc21. The Kier molecular flexibility index (Phi) is 4.21. The van der Waals surface area contributed by atoms with Crippen molar-refractivity contribution in [3.05, 3.63) is 34.7 Å². The fourth-order valence-electron chi connectivity index (χ4n) is 1.77. The molecule has 1 atom stereocenters. The van der Waals surface area contributed by atoms with Crippen LogP contribution in [0, 0.1) is 4.91 Å². The molecule has 0 saturated carbocycles. The summed E-state index contributed by atoms with van der Waals surface area (Å²) < 4.78 is 2.16. The summed E-state index contributed by atoms with van der Waals surface area (Å²) in [5.41, 5.74) is 1.05. The van der Waals surface area contributed by atoms with Crippen molar-refractivity contribution in [1.82, 2.24) is 4.31 Å². The second kappa shape index (κ2) is 5.66. The van der Waals surface area contributed by atoms with E-state index < -0.39 is 0 Å². The lowest BCUT2D eigenvalue weighted by molar-refractivity contribution is 0.419. The smallest absolute Gasteiger partial charge is 0.132 e. The minimum atomic E-state index is -0.243. The lowest BCUT2D eigenvalue weighted by atomic mass is 10.1. The number of nitrogens with zero attached hydrogens (tertiary/aromatic N) is 2. The van der Waals surface area contributed by atoms with Gasteiger partial charge in [-0.25, -0.2) is 4.31 Å². The monoisotopic (exact) mass is 256 g/mol. The molecule has 1 aliphatic rings. The average molecular weight is 257 g/mol.